The van der Waals surface area contributed by atoms with Crippen LogP contribution >= 0.6 is 11.3 Å². The first-order chi connectivity index (χ1) is 11.2. The summed E-state index contributed by atoms with van der Waals surface area (Å²) in [5.74, 6) is -0.140. The zero-order valence-corrected chi connectivity index (χ0v) is 12.8. The van der Waals surface area contributed by atoms with Gasteiger partial charge in [0, 0.05) is 21.8 Å². The summed E-state index contributed by atoms with van der Waals surface area (Å²) in [5, 5.41) is 13.9. The molecule has 0 aliphatic heterocycles. The van der Waals surface area contributed by atoms with Gasteiger partial charge in [-0.3, -0.25) is 4.79 Å². The molecule has 4 rings (SSSR count). The zero-order chi connectivity index (χ0) is 15.8. The van der Waals surface area contributed by atoms with Crippen LogP contribution in [0.4, 0.5) is 5.69 Å². The van der Waals surface area contributed by atoms with Gasteiger partial charge in [0.05, 0.1) is 22.2 Å². The molecule has 0 bridgehead atoms. The molecule has 2 aromatic carbocycles. The second-order valence-corrected chi connectivity index (χ2v) is 6.26. The Bertz CT molecular complexity index is 1080. The van der Waals surface area contributed by atoms with Gasteiger partial charge in [-0.25, -0.2) is 0 Å². The van der Waals surface area contributed by atoms with E-state index < -0.39 is 0 Å². The molecule has 0 aliphatic carbocycles. The molecule has 0 saturated carbocycles. The highest BCUT2D eigenvalue weighted by Crippen LogP contribution is 2.28. The molecule has 4 nitrogen and oxygen atoms in total. The summed E-state index contributed by atoms with van der Waals surface area (Å²) in [4.78, 5) is 16.3. The highest BCUT2D eigenvalue weighted by atomic mass is 32.1. The smallest absolute Gasteiger partial charge is 0.265 e. The molecule has 2 heterocycles. The summed E-state index contributed by atoms with van der Waals surface area (Å²) in [6, 6.07) is 17.1. The fraction of sp³-hybridized carbons (Fsp3) is 0. The highest BCUT2D eigenvalue weighted by Gasteiger charge is 2.12. The van der Waals surface area contributed by atoms with E-state index in [0.29, 0.717) is 10.4 Å². The summed E-state index contributed by atoms with van der Waals surface area (Å²) < 4.78 is 0.939. The molecular weight excluding hydrogens is 306 g/mol. The molecule has 5 heteroatoms. The van der Waals surface area contributed by atoms with E-state index in [2.05, 4.69) is 16.4 Å². The van der Waals surface area contributed by atoms with Crippen molar-refractivity contribution in [1.82, 2.24) is 4.98 Å². The third-order valence-electron chi connectivity index (χ3n) is 3.72. The maximum absolute atomic E-state index is 12.5. The van der Waals surface area contributed by atoms with E-state index in [9.17, 15) is 4.79 Å². The fourth-order valence-electron chi connectivity index (χ4n) is 2.59. The molecule has 0 unspecified atom stereocenters. The molecule has 2 N–H and O–H groups in total. The lowest BCUT2D eigenvalue weighted by Crippen LogP contribution is -2.10. The number of carbonyl (C=O) groups excluding carboxylic acids is 1. The van der Waals surface area contributed by atoms with E-state index in [1.165, 1.54) is 11.3 Å². The van der Waals surface area contributed by atoms with E-state index in [1.807, 2.05) is 48.7 Å². The normalized spacial score (nSPS) is 10.7. The van der Waals surface area contributed by atoms with Gasteiger partial charge in [-0.05, 0) is 41.8 Å². The number of nitrogens with one attached hydrogen (secondary N) is 2. The minimum absolute atomic E-state index is 0.140. The van der Waals surface area contributed by atoms with Gasteiger partial charge in [-0.15, -0.1) is 11.3 Å². The molecule has 1 amide bonds. The number of hydrogen-bond acceptors (Lipinski definition) is 3. The number of aromatic nitrogens is 1. The van der Waals surface area contributed by atoms with Crippen molar-refractivity contribution in [2.45, 2.75) is 0 Å². The van der Waals surface area contributed by atoms with Gasteiger partial charge in [0.2, 0.25) is 0 Å². The number of H-pyrrole nitrogens is 1. The first-order valence-corrected chi connectivity index (χ1v) is 7.87. The van der Waals surface area contributed by atoms with E-state index >= 15 is 0 Å². The standard InChI is InChI=1S/C18H11N3OS/c19-10-11-4-5-12-9-17(23-16(12)8-11)18(22)21-15-3-1-2-14-13(15)6-7-20-14/h1-9,20H,(H,21,22). The molecule has 0 spiro atoms. The van der Waals surface area contributed by atoms with Gasteiger partial charge in [-0.2, -0.15) is 5.26 Å². The quantitative estimate of drug-likeness (QED) is 0.571. The van der Waals surface area contributed by atoms with Crippen LogP contribution in [0.3, 0.4) is 0 Å². The maximum atomic E-state index is 12.5. The van der Waals surface area contributed by atoms with Crippen molar-refractivity contribution in [2.75, 3.05) is 5.32 Å². The first kappa shape index (κ1) is 13.6. The minimum atomic E-state index is -0.140. The lowest BCUT2D eigenvalue weighted by atomic mass is 10.2. The fourth-order valence-corrected chi connectivity index (χ4v) is 3.59. The lowest BCUT2D eigenvalue weighted by molar-refractivity contribution is 0.103. The summed E-state index contributed by atoms with van der Waals surface area (Å²) >= 11 is 1.39. The van der Waals surface area contributed by atoms with Crippen LogP contribution in [-0.4, -0.2) is 10.9 Å². The molecular formula is C18H11N3OS. The van der Waals surface area contributed by atoms with E-state index in [0.717, 1.165) is 26.7 Å². The van der Waals surface area contributed by atoms with Crippen molar-refractivity contribution in [3.63, 3.8) is 0 Å². The number of amides is 1. The van der Waals surface area contributed by atoms with Crippen LogP contribution in [0.25, 0.3) is 21.0 Å². The summed E-state index contributed by atoms with van der Waals surface area (Å²) in [5.41, 5.74) is 2.37. The Morgan fingerprint density at radius 2 is 2.09 bits per heavy atom. The third kappa shape index (κ3) is 2.35. The van der Waals surface area contributed by atoms with Gasteiger partial charge in [-0.1, -0.05) is 12.1 Å². The van der Waals surface area contributed by atoms with Crippen LogP contribution in [0.5, 0.6) is 0 Å². The van der Waals surface area contributed by atoms with Crippen molar-refractivity contribution in [2.24, 2.45) is 0 Å². The SMILES string of the molecule is N#Cc1ccc2cc(C(=O)Nc3cccc4[nH]ccc34)sc2c1. The molecule has 4 aromatic rings. The lowest BCUT2D eigenvalue weighted by Gasteiger charge is -2.04. The number of carbonyl (C=O) groups is 1. The van der Waals surface area contributed by atoms with Crippen LogP contribution in [-0.2, 0) is 0 Å². The molecule has 0 aliphatic rings. The van der Waals surface area contributed by atoms with Crippen molar-refractivity contribution < 1.29 is 4.79 Å². The summed E-state index contributed by atoms with van der Waals surface area (Å²) in [7, 11) is 0. The van der Waals surface area contributed by atoms with Crippen molar-refractivity contribution in [3.05, 3.63) is 65.2 Å². The van der Waals surface area contributed by atoms with Crippen LogP contribution in [0, 0.1) is 11.3 Å². The molecule has 23 heavy (non-hydrogen) atoms. The number of aromatic amines is 1. The number of thiophene rings is 1. The van der Waals surface area contributed by atoms with Crippen LogP contribution in [0.15, 0.2) is 54.7 Å². The van der Waals surface area contributed by atoms with Gasteiger partial charge in [0.1, 0.15) is 0 Å². The van der Waals surface area contributed by atoms with Gasteiger partial charge in [0.25, 0.3) is 5.91 Å². The average molecular weight is 317 g/mol. The number of benzene rings is 2. The van der Waals surface area contributed by atoms with Gasteiger partial charge in [0.15, 0.2) is 0 Å². The maximum Gasteiger partial charge on any atom is 0.265 e. The second kappa shape index (κ2) is 5.27. The molecule has 0 saturated heterocycles. The predicted molar refractivity (Wildman–Crippen MR) is 92.8 cm³/mol. The first-order valence-electron chi connectivity index (χ1n) is 7.06. The highest BCUT2D eigenvalue weighted by molar-refractivity contribution is 7.20. The van der Waals surface area contributed by atoms with Crippen LogP contribution < -0.4 is 5.32 Å². The zero-order valence-electron chi connectivity index (χ0n) is 12.0. The topological polar surface area (TPSA) is 68.7 Å². The van der Waals surface area contributed by atoms with E-state index in [1.54, 1.807) is 6.07 Å². The van der Waals surface area contributed by atoms with Gasteiger partial charge >= 0.3 is 0 Å². The molecule has 0 atom stereocenters. The number of hydrogen-bond donors (Lipinski definition) is 2. The van der Waals surface area contributed by atoms with Crippen LogP contribution in [0.1, 0.15) is 15.2 Å². The third-order valence-corrected chi connectivity index (χ3v) is 4.81. The van der Waals surface area contributed by atoms with Gasteiger partial charge < -0.3 is 10.3 Å². The summed E-state index contributed by atoms with van der Waals surface area (Å²) in [6.07, 6.45) is 1.85. The van der Waals surface area contributed by atoms with Crippen molar-refractivity contribution >= 4 is 43.9 Å². The summed E-state index contributed by atoms with van der Waals surface area (Å²) in [6.45, 7) is 0. The molecule has 0 radical (unpaired) electrons. The Morgan fingerprint density at radius 3 is 2.96 bits per heavy atom. The number of fused-ring (bicyclic) bond motifs is 2. The Labute approximate surface area is 136 Å². The number of rotatable bonds is 2. The predicted octanol–water partition coefficient (Wildman–Crippen LogP) is 4.51. The monoisotopic (exact) mass is 317 g/mol. The number of nitriles is 1. The Morgan fingerprint density at radius 1 is 1.17 bits per heavy atom. The molecule has 2 aromatic heterocycles. The minimum Gasteiger partial charge on any atom is -0.361 e. The van der Waals surface area contributed by atoms with Crippen molar-refractivity contribution in [1.29, 1.82) is 5.26 Å². The average Bonchev–Trinajstić information content (AvgIpc) is 3.21. The second-order valence-electron chi connectivity index (χ2n) is 5.17. The molecule has 110 valence electrons. The Hall–Kier alpha value is -3.10. The Kier molecular flexibility index (Phi) is 3.11. The largest absolute Gasteiger partial charge is 0.361 e. The number of nitrogens with zero attached hydrogens (tertiary/aromatic N) is 1. The Balaban J connectivity index is 1.69. The molecule has 0 fully saturated rings. The van der Waals surface area contributed by atoms with E-state index in [-0.39, 0.29) is 5.91 Å². The van der Waals surface area contributed by atoms with Crippen molar-refractivity contribution in [3.8, 4) is 6.07 Å². The van der Waals surface area contributed by atoms with E-state index in [4.69, 9.17) is 5.26 Å². The number of anilines is 1. The van der Waals surface area contributed by atoms with Crippen LogP contribution in [0.2, 0.25) is 0 Å².